The van der Waals surface area contributed by atoms with E-state index in [2.05, 4.69) is 0 Å². The number of carbonyl (C=O) groups excluding carboxylic acids is 1. The maximum atomic E-state index is 11.7. The summed E-state index contributed by atoms with van der Waals surface area (Å²) in [6.07, 6.45) is 1.38. The highest BCUT2D eigenvalue weighted by molar-refractivity contribution is 6.30. The molecule has 0 aromatic heterocycles. The Labute approximate surface area is 117 Å². The van der Waals surface area contributed by atoms with Crippen LogP contribution in [0.5, 0.6) is 5.75 Å². The van der Waals surface area contributed by atoms with E-state index in [0.717, 1.165) is 33.9 Å². The quantitative estimate of drug-likeness (QED) is 0.843. The molecule has 0 bridgehead atoms. The highest BCUT2D eigenvalue weighted by Crippen LogP contribution is 2.30. The summed E-state index contributed by atoms with van der Waals surface area (Å²) in [5.41, 5.74) is 2.92. The monoisotopic (exact) mass is 272 g/mol. The molecule has 2 aromatic carbocycles. The van der Waals surface area contributed by atoms with Gasteiger partial charge >= 0.3 is 0 Å². The fraction of sp³-hybridized carbons (Fsp3) is 0.188. The second-order valence-electron chi connectivity index (χ2n) is 4.62. The van der Waals surface area contributed by atoms with Gasteiger partial charge in [-0.15, -0.1) is 0 Å². The van der Waals surface area contributed by atoms with Crippen LogP contribution >= 0.6 is 11.6 Å². The van der Waals surface area contributed by atoms with Crippen molar-refractivity contribution in [3.63, 3.8) is 0 Å². The molecule has 0 fully saturated rings. The normalized spacial score (nSPS) is 13.4. The third-order valence-corrected chi connectivity index (χ3v) is 3.60. The molecule has 3 rings (SSSR count). The molecular formula is C16H13ClO2. The van der Waals surface area contributed by atoms with E-state index in [4.69, 9.17) is 16.3 Å². The molecule has 96 valence electrons. The predicted octanol–water partition coefficient (Wildman–Crippen LogP) is 4.05. The molecule has 0 amide bonds. The van der Waals surface area contributed by atoms with Gasteiger partial charge in [-0.05, 0) is 30.2 Å². The molecule has 0 radical (unpaired) electrons. The van der Waals surface area contributed by atoms with Crippen molar-refractivity contribution in [2.45, 2.75) is 19.4 Å². The fourth-order valence-electron chi connectivity index (χ4n) is 2.33. The Hall–Kier alpha value is -1.80. The van der Waals surface area contributed by atoms with Gasteiger partial charge in [-0.25, -0.2) is 0 Å². The molecule has 0 heterocycles. The van der Waals surface area contributed by atoms with Gasteiger partial charge in [-0.2, -0.15) is 0 Å². The van der Waals surface area contributed by atoms with Gasteiger partial charge in [0.25, 0.3) is 0 Å². The van der Waals surface area contributed by atoms with Crippen LogP contribution in [0.4, 0.5) is 0 Å². The molecular weight excluding hydrogens is 260 g/mol. The SMILES string of the molecule is O=C1CCc2c(OCc3ccc(Cl)cc3)cccc21. The second-order valence-corrected chi connectivity index (χ2v) is 5.06. The van der Waals surface area contributed by atoms with Crippen molar-refractivity contribution in [3.8, 4) is 5.75 Å². The minimum Gasteiger partial charge on any atom is -0.489 e. The van der Waals surface area contributed by atoms with Gasteiger partial charge in [0.15, 0.2) is 5.78 Å². The Balaban J connectivity index is 1.78. The number of benzene rings is 2. The van der Waals surface area contributed by atoms with Crippen molar-refractivity contribution in [3.05, 3.63) is 64.2 Å². The maximum Gasteiger partial charge on any atom is 0.163 e. The van der Waals surface area contributed by atoms with Gasteiger partial charge in [-0.1, -0.05) is 35.9 Å². The lowest BCUT2D eigenvalue weighted by Gasteiger charge is -2.10. The smallest absolute Gasteiger partial charge is 0.163 e. The molecule has 0 unspecified atom stereocenters. The number of Topliss-reactive ketones (excluding diaryl/α,β-unsaturated/α-hetero) is 1. The first-order valence-electron chi connectivity index (χ1n) is 6.26. The number of hydrogen-bond donors (Lipinski definition) is 0. The van der Waals surface area contributed by atoms with Crippen molar-refractivity contribution in [2.24, 2.45) is 0 Å². The summed E-state index contributed by atoms with van der Waals surface area (Å²) in [7, 11) is 0. The number of ether oxygens (including phenoxy) is 1. The Morgan fingerprint density at radius 1 is 1.05 bits per heavy atom. The zero-order valence-corrected chi connectivity index (χ0v) is 11.1. The first kappa shape index (κ1) is 12.2. The van der Waals surface area contributed by atoms with Crippen LogP contribution in [0.15, 0.2) is 42.5 Å². The van der Waals surface area contributed by atoms with Crippen LogP contribution in [0.25, 0.3) is 0 Å². The summed E-state index contributed by atoms with van der Waals surface area (Å²) in [5, 5.41) is 0.718. The number of halogens is 1. The van der Waals surface area contributed by atoms with E-state index >= 15 is 0 Å². The third kappa shape index (κ3) is 2.49. The number of fused-ring (bicyclic) bond motifs is 1. The fourth-order valence-corrected chi connectivity index (χ4v) is 2.46. The summed E-state index contributed by atoms with van der Waals surface area (Å²) >= 11 is 5.84. The maximum absolute atomic E-state index is 11.7. The number of rotatable bonds is 3. The van der Waals surface area contributed by atoms with Crippen LogP contribution in [0, 0.1) is 0 Å². The van der Waals surface area contributed by atoms with E-state index in [9.17, 15) is 4.79 Å². The lowest BCUT2D eigenvalue weighted by Crippen LogP contribution is -1.99. The minimum atomic E-state index is 0.215. The van der Waals surface area contributed by atoms with E-state index in [-0.39, 0.29) is 5.78 Å². The molecule has 3 heteroatoms. The van der Waals surface area contributed by atoms with Gasteiger partial charge in [0, 0.05) is 22.6 Å². The molecule has 0 N–H and O–H groups in total. The van der Waals surface area contributed by atoms with Crippen molar-refractivity contribution >= 4 is 17.4 Å². The Morgan fingerprint density at radius 3 is 2.63 bits per heavy atom. The van der Waals surface area contributed by atoms with Crippen LogP contribution in [-0.4, -0.2) is 5.78 Å². The van der Waals surface area contributed by atoms with Crippen LogP contribution in [0.2, 0.25) is 5.02 Å². The highest BCUT2D eigenvalue weighted by Gasteiger charge is 2.22. The van der Waals surface area contributed by atoms with Crippen molar-refractivity contribution in [1.29, 1.82) is 0 Å². The summed E-state index contributed by atoms with van der Waals surface area (Å²) in [4.78, 5) is 11.7. The van der Waals surface area contributed by atoms with Gasteiger partial charge in [-0.3, -0.25) is 4.79 Å². The zero-order valence-electron chi connectivity index (χ0n) is 10.4. The van der Waals surface area contributed by atoms with Crippen LogP contribution in [-0.2, 0) is 13.0 Å². The Bertz CT molecular complexity index is 617. The predicted molar refractivity (Wildman–Crippen MR) is 74.9 cm³/mol. The molecule has 0 saturated heterocycles. The van der Waals surface area contributed by atoms with Crippen LogP contribution < -0.4 is 4.74 Å². The van der Waals surface area contributed by atoms with E-state index in [1.807, 2.05) is 42.5 Å². The average molecular weight is 273 g/mol. The van der Waals surface area contributed by atoms with Gasteiger partial charge in [0.05, 0.1) is 0 Å². The molecule has 0 aliphatic heterocycles. The standard InChI is InChI=1S/C16H13ClO2/c17-12-6-4-11(5-7-12)10-19-16-3-1-2-13-14(16)8-9-15(13)18/h1-7H,8-10H2. The van der Waals surface area contributed by atoms with E-state index in [1.54, 1.807) is 0 Å². The largest absolute Gasteiger partial charge is 0.489 e. The van der Waals surface area contributed by atoms with Gasteiger partial charge in [0.2, 0.25) is 0 Å². The minimum absolute atomic E-state index is 0.215. The second kappa shape index (κ2) is 5.06. The van der Waals surface area contributed by atoms with Crippen molar-refractivity contribution in [1.82, 2.24) is 0 Å². The third-order valence-electron chi connectivity index (χ3n) is 3.34. The molecule has 19 heavy (non-hydrogen) atoms. The number of carbonyl (C=O) groups is 1. The Morgan fingerprint density at radius 2 is 1.84 bits per heavy atom. The zero-order chi connectivity index (χ0) is 13.2. The number of ketones is 1. The summed E-state index contributed by atoms with van der Waals surface area (Å²) in [6, 6.07) is 13.2. The lowest BCUT2D eigenvalue weighted by molar-refractivity contribution is 0.0994. The summed E-state index contributed by atoms with van der Waals surface area (Å²) in [5.74, 6) is 1.03. The topological polar surface area (TPSA) is 26.3 Å². The average Bonchev–Trinajstić information content (AvgIpc) is 2.81. The summed E-state index contributed by atoms with van der Waals surface area (Å²) in [6.45, 7) is 0.488. The molecule has 0 saturated carbocycles. The van der Waals surface area contributed by atoms with Crippen molar-refractivity contribution in [2.75, 3.05) is 0 Å². The first-order valence-corrected chi connectivity index (χ1v) is 6.64. The van der Waals surface area contributed by atoms with E-state index < -0.39 is 0 Å². The molecule has 2 aromatic rings. The van der Waals surface area contributed by atoms with Crippen LogP contribution in [0.3, 0.4) is 0 Å². The first-order chi connectivity index (χ1) is 9.24. The van der Waals surface area contributed by atoms with Crippen molar-refractivity contribution < 1.29 is 9.53 Å². The lowest BCUT2D eigenvalue weighted by atomic mass is 10.1. The van der Waals surface area contributed by atoms with Crippen LogP contribution in [0.1, 0.15) is 27.9 Å². The van der Waals surface area contributed by atoms with Gasteiger partial charge < -0.3 is 4.74 Å². The number of hydrogen-bond acceptors (Lipinski definition) is 2. The molecule has 0 spiro atoms. The van der Waals surface area contributed by atoms with E-state index in [0.29, 0.717) is 13.0 Å². The van der Waals surface area contributed by atoms with Gasteiger partial charge in [0.1, 0.15) is 12.4 Å². The summed E-state index contributed by atoms with van der Waals surface area (Å²) < 4.78 is 5.83. The molecule has 2 nitrogen and oxygen atoms in total. The molecule has 1 aliphatic carbocycles. The Kier molecular flexibility index (Phi) is 3.26. The van der Waals surface area contributed by atoms with E-state index in [1.165, 1.54) is 0 Å². The molecule has 0 atom stereocenters. The molecule has 1 aliphatic rings. The highest BCUT2D eigenvalue weighted by atomic mass is 35.5.